The number of carbonyl (C=O) groups excluding carboxylic acids is 1. The lowest BCUT2D eigenvalue weighted by Crippen LogP contribution is -2.29. The van der Waals surface area contributed by atoms with E-state index in [9.17, 15) is 9.59 Å². The largest absolute Gasteiger partial charge is 0.478 e. The van der Waals surface area contributed by atoms with Crippen molar-refractivity contribution in [3.8, 4) is 0 Å². The zero-order valence-electron chi connectivity index (χ0n) is 9.77. The fraction of sp³-hybridized carbons (Fsp3) is 0.385. The van der Waals surface area contributed by atoms with E-state index in [1.807, 2.05) is 6.07 Å². The number of amides is 1. The molecule has 1 aromatic rings. The topological polar surface area (TPSA) is 57.6 Å². The Morgan fingerprint density at radius 2 is 2.06 bits per heavy atom. The van der Waals surface area contributed by atoms with Crippen LogP contribution < -0.4 is 4.90 Å². The van der Waals surface area contributed by atoms with Crippen molar-refractivity contribution in [2.45, 2.75) is 26.2 Å². The molecule has 4 heteroatoms. The molecule has 0 unspecified atom stereocenters. The lowest BCUT2D eigenvalue weighted by molar-refractivity contribution is -0.116. The van der Waals surface area contributed by atoms with Crippen molar-refractivity contribution in [2.24, 2.45) is 0 Å². The van der Waals surface area contributed by atoms with Gasteiger partial charge in [0.05, 0.1) is 5.56 Å². The van der Waals surface area contributed by atoms with E-state index in [2.05, 4.69) is 0 Å². The van der Waals surface area contributed by atoms with Crippen molar-refractivity contribution in [3.05, 3.63) is 29.3 Å². The van der Waals surface area contributed by atoms with Crippen LogP contribution in [0.3, 0.4) is 0 Å². The highest BCUT2D eigenvalue weighted by atomic mass is 16.4. The first kappa shape index (κ1) is 11.6. The second-order valence-electron chi connectivity index (χ2n) is 4.28. The molecule has 0 saturated heterocycles. The molecule has 2 rings (SSSR count). The molecule has 0 saturated carbocycles. The summed E-state index contributed by atoms with van der Waals surface area (Å²) in [7, 11) is 0. The summed E-state index contributed by atoms with van der Waals surface area (Å²) in [5.41, 5.74) is 2.05. The van der Waals surface area contributed by atoms with Gasteiger partial charge in [0.25, 0.3) is 0 Å². The number of hydrogen-bond donors (Lipinski definition) is 1. The normalized spacial score (nSPS) is 15.0. The van der Waals surface area contributed by atoms with E-state index >= 15 is 0 Å². The summed E-state index contributed by atoms with van der Waals surface area (Å²) in [6, 6.07) is 5.02. The summed E-state index contributed by atoms with van der Waals surface area (Å²) in [6.45, 7) is 2.19. The molecule has 1 heterocycles. The van der Waals surface area contributed by atoms with Gasteiger partial charge in [0.15, 0.2) is 0 Å². The number of carbonyl (C=O) groups is 2. The van der Waals surface area contributed by atoms with Gasteiger partial charge in [0.1, 0.15) is 0 Å². The van der Waals surface area contributed by atoms with Gasteiger partial charge >= 0.3 is 5.97 Å². The van der Waals surface area contributed by atoms with Gasteiger partial charge in [0, 0.05) is 19.2 Å². The lowest BCUT2D eigenvalue weighted by atomic mass is 10.0. The van der Waals surface area contributed by atoms with E-state index in [0.29, 0.717) is 6.54 Å². The number of aromatic carboxylic acids is 1. The third-order valence-corrected chi connectivity index (χ3v) is 3.08. The van der Waals surface area contributed by atoms with Gasteiger partial charge in [0.2, 0.25) is 5.91 Å². The van der Waals surface area contributed by atoms with Crippen LogP contribution in [0.5, 0.6) is 0 Å². The standard InChI is InChI=1S/C13H15NO3/c1-9(15)14-7-3-2-4-10-5-6-11(13(16)17)8-12(10)14/h5-6,8H,2-4,7H2,1H3,(H,16,17). The van der Waals surface area contributed by atoms with Crippen LogP contribution in [0.1, 0.15) is 35.7 Å². The Labute approximate surface area is 99.9 Å². The molecule has 0 aromatic heterocycles. The van der Waals surface area contributed by atoms with Crippen molar-refractivity contribution >= 4 is 17.6 Å². The maximum absolute atomic E-state index is 11.6. The lowest BCUT2D eigenvalue weighted by Gasteiger charge is -2.21. The Morgan fingerprint density at radius 3 is 2.71 bits per heavy atom. The Morgan fingerprint density at radius 1 is 1.29 bits per heavy atom. The van der Waals surface area contributed by atoms with Crippen LogP contribution in [-0.2, 0) is 11.2 Å². The highest BCUT2D eigenvalue weighted by Gasteiger charge is 2.19. The van der Waals surface area contributed by atoms with Crippen molar-refractivity contribution < 1.29 is 14.7 Å². The van der Waals surface area contributed by atoms with E-state index in [-0.39, 0.29) is 11.5 Å². The summed E-state index contributed by atoms with van der Waals surface area (Å²) in [5, 5.41) is 8.98. The van der Waals surface area contributed by atoms with E-state index in [1.54, 1.807) is 17.0 Å². The fourth-order valence-corrected chi connectivity index (χ4v) is 2.19. The molecule has 0 fully saturated rings. The van der Waals surface area contributed by atoms with E-state index < -0.39 is 5.97 Å². The Bertz CT molecular complexity index is 468. The molecule has 0 spiro atoms. The summed E-state index contributed by atoms with van der Waals surface area (Å²) < 4.78 is 0. The van der Waals surface area contributed by atoms with Crippen molar-refractivity contribution in [1.82, 2.24) is 0 Å². The van der Waals surface area contributed by atoms with Crippen LogP contribution in [0.25, 0.3) is 0 Å². The number of anilines is 1. The summed E-state index contributed by atoms with van der Waals surface area (Å²) in [6.07, 6.45) is 2.89. The van der Waals surface area contributed by atoms with Crippen LogP contribution in [0.2, 0.25) is 0 Å². The molecule has 1 aromatic carbocycles. The summed E-state index contributed by atoms with van der Waals surface area (Å²) >= 11 is 0. The van der Waals surface area contributed by atoms with Crippen LogP contribution in [-0.4, -0.2) is 23.5 Å². The quantitative estimate of drug-likeness (QED) is 0.807. The first-order valence-electron chi connectivity index (χ1n) is 5.74. The minimum absolute atomic E-state index is 0.0318. The molecule has 1 aliphatic rings. The van der Waals surface area contributed by atoms with Gasteiger partial charge in [-0.25, -0.2) is 4.79 Å². The van der Waals surface area contributed by atoms with Gasteiger partial charge in [-0.1, -0.05) is 6.07 Å². The maximum Gasteiger partial charge on any atom is 0.335 e. The molecule has 1 N–H and O–H groups in total. The number of hydrogen-bond acceptors (Lipinski definition) is 2. The Kier molecular flexibility index (Phi) is 3.13. The molecule has 1 aliphatic heterocycles. The monoisotopic (exact) mass is 233 g/mol. The second-order valence-corrected chi connectivity index (χ2v) is 4.28. The fourth-order valence-electron chi connectivity index (χ4n) is 2.19. The van der Waals surface area contributed by atoms with Gasteiger partial charge in [-0.3, -0.25) is 4.79 Å². The molecule has 0 bridgehead atoms. The third kappa shape index (κ3) is 2.30. The Balaban J connectivity index is 2.49. The number of carboxylic acids is 1. The van der Waals surface area contributed by atoms with E-state index in [0.717, 1.165) is 30.5 Å². The highest BCUT2D eigenvalue weighted by molar-refractivity contribution is 5.95. The molecule has 0 radical (unpaired) electrons. The van der Waals surface area contributed by atoms with Crippen molar-refractivity contribution in [1.29, 1.82) is 0 Å². The van der Waals surface area contributed by atoms with Crippen LogP contribution in [0, 0.1) is 0 Å². The zero-order chi connectivity index (χ0) is 12.4. The minimum Gasteiger partial charge on any atom is -0.478 e. The van der Waals surface area contributed by atoms with Gasteiger partial charge < -0.3 is 10.0 Å². The average Bonchev–Trinajstić information content (AvgIpc) is 2.49. The number of fused-ring (bicyclic) bond motifs is 1. The first-order chi connectivity index (χ1) is 8.09. The molecule has 1 amide bonds. The SMILES string of the molecule is CC(=O)N1CCCCc2ccc(C(=O)O)cc21. The van der Waals surface area contributed by atoms with E-state index in [4.69, 9.17) is 5.11 Å². The summed E-state index contributed by atoms with van der Waals surface area (Å²) in [5.74, 6) is -0.990. The van der Waals surface area contributed by atoms with Crippen LogP contribution in [0.15, 0.2) is 18.2 Å². The van der Waals surface area contributed by atoms with E-state index in [1.165, 1.54) is 6.92 Å². The van der Waals surface area contributed by atoms with Crippen molar-refractivity contribution in [3.63, 3.8) is 0 Å². The third-order valence-electron chi connectivity index (χ3n) is 3.08. The number of nitrogens with zero attached hydrogens (tertiary/aromatic N) is 1. The van der Waals surface area contributed by atoms with Gasteiger partial charge in [-0.15, -0.1) is 0 Å². The van der Waals surface area contributed by atoms with Crippen molar-refractivity contribution in [2.75, 3.05) is 11.4 Å². The molecular formula is C13H15NO3. The average molecular weight is 233 g/mol. The zero-order valence-corrected chi connectivity index (χ0v) is 9.77. The number of aryl methyl sites for hydroxylation is 1. The van der Waals surface area contributed by atoms with Crippen LogP contribution in [0.4, 0.5) is 5.69 Å². The number of benzene rings is 1. The molecular weight excluding hydrogens is 218 g/mol. The predicted octanol–water partition coefficient (Wildman–Crippen LogP) is 2.07. The highest BCUT2D eigenvalue weighted by Crippen LogP contribution is 2.27. The summed E-state index contributed by atoms with van der Waals surface area (Å²) in [4.78, 5) is 24.2. The molecule has 0 aliphatic carbocycles. The number of carboxylic acid groups (broad SMARTS) is 1. The van der Waals surface area contributed by atoms with Gasteiger partial charge in [-0.2, -0.15) is 0 Å². The number of rotatable bonds is 1. The second kappa shape index (κ2) is 4.57. The molecule has 17 heavy (non-hydrogen) atoms. The van der Waals surface area contributed by atoms with Crippen LogP contribution >= 0.6 is 0 Å². The minimum atomic E-state index is -0.958. The maximum atomic E-state index is 11.6. The Hall–Kier alpha value is -1.84. The molecule has 0 atom stereocenters. The predicted molar refractivity (Wildman–Crippen MR) is 64.4 cm³/mol. The van der Waals surface area contributed by atoms with Gasteiger partial charge in [-0.05, 0) is 37.0 Å². The first-order valence-corrected chi connectivity index (χ1v) is 5.74. The smallest absolute Gasteiger partial charge is 0.335 e. The molecule has 90 valence electrons. The molecule has 4 nitrogen and oxygen atoms in total.